The summed E-state index contributed by atoms with van der Waals surface area (Å²) in [5.41, 5.74) is 2.88. The van der Waals surface area contributed by atoms with E-state index in [4.69, 9.17) is 25.8 Å². The Labute approximate surface area is 198 Å². The van der Waals surface area contributed by atoms with Gasteiger partial charge in [0.1, 0.15) is 11.5 Å². The summed E-state index contributed by atoms with van der Waals surface area (Å²) in [5.74, 6) is 0.558. The highest BCUT2D eigenvalue weighted by atomic mass is 35.5. The molecule has 2 heterocycles. The van der Waals surface area contributed by atoms with Crippen molar-refractivity contribution in [1.82, 2.24) is 9.38 Å². The summed E-state index contributed by atoms with van der Waals surface area (Å²) in [4.78, 5) is 29.9. The highest BCUT2D eigenvalue weighted by Crippen LogP contribution is 2.34. The van der Waals surface area contributed by atoms with Crippen molar-refractivity contribution in [2.75, 3.05) is 26.6 Å². The number of hydrogen-bond donors (Lipinski definition) is 1. The summed E-state index contributed by atoms with van der Waals surface area (Å²) in [6, 6.07) is 10.1. The first-order valence-electron chi connectivity index (χ1n) is 9.79. The number of rotatable bonds is 7. The van der Waals surface area contributed by atoms with Gasteiger partial charge in [-0.1, -0.05) is 11.6 Å². The first kappa shape index (κ1) is 22.6. The Morgan fingerprint density at radius 1 is 1.12 bits per heavy atom. The summed E-state index contributed by atoms with van der Waals surface area (Å²) in [5, 5.41) is 4.96. The summed E-state index contributed by atoms with van der Waals surface area (Å²) in [6.07, 6.45) is 1.94. The van der Waals surface area contributed by atoms with Gasteiger partial charge in [0.15, 0.2) is 4.96 Å². The fraction of sp³-hybridized carbons (Fsp3) is 0.174. The first-order chi connectivity index (χ1) is 15.9. The van der Waals surface area contributed by atoms with Gasteiger partial charge in [-0.05, 0) is 36.4 Å². The van der Waals surface area contributed by atoms with Gasteiger partial charge in [-0.3, -0.25) is 9.20 Å². The Morgan fingerprint density at radius 3 is 2.67 bits per heavy atom. The minimum atomic E-state index is -0.513. The standard InChI is InChI=1S/C23H20ClN3O5S/c1-30-15-5-7-20(31-2)16(10-15)19-11-27-14(12-33-23(27)26-19)9-21(28)25-18-8-13(22(29)32-3)4-6-17(18)24/h4-8,10-12H,9H2,1-3H3,(H,25,28). The maximum atomic E-state index is 12.7. The van der Waals surface area contributed by atoms with Crippen LogP contribution in [0.4, 0.5) is 5.69 Å². The molecule has 0 aliphatic carbocycles. The molecule has 2 aromatic carbocycles. The number of ether oxygens (including phenoxy) is 3. The number of halogens is 1. The molecule has 1 amide bonds. The molecule has 4 aromatic rings. The minimum Gasteiger partial charge on any atom is -0.497 e. The third-order valence-electron chi connectivity index (χ3n) is 4.97. The Bertz CT molecular complexity index is 1350. The topological polar surface area (TPSA) is 91.2 Å². The van der Waals surface area contributed by atoms with Crippen molar-refractivity contribution in [3.8, 4) is 22.8 Å². The van der Waals surface area contributed by atoms with E-state index in [1.807, 2.05) is 34.2 Å². The Morgan fingerprint density at radius 2 is 1.94 bits per heavy atom. The molecule has 33 heavy (non-hydrogen) atoms. The molecule has 0 spiro atoms. The summed E-state index contributed by atoms with van der Waals surface area (Å²) >= 11 is 7.61. The summed E-state index contributed by atoms with van der Waals surface area (Å²) in [7, 11) is 4.48. The Kier molecular flexibility index (Phi) is 6.52. The highest BCUT2D eigenvalue weighted by Gasteiger charge is 2.17. The monoisotopic (exact) mass is 485 g/mol. The quantitative estimate of drug-likeness (QED) is 0.381. The molecule has 0 radical (unpaired) electrons. The van der Waals surface area contributed by atoms with E-state index in [2.05, 4.69) is 10.3 Å². The lowest BCUT2D eigenvalue weighted by molar-refractivity contribution is -0.115. The molecule has 0 fully saturated rings. The maximum absolute atomic E-state index is 12.7. The van der Waals surface area contributed by atoms with Gasteiger partial charge in [0, 0.05) is 22.8 Å². The van der Waals surface area contributed by atoms with Gasteiger partial charge >= 0.3 is 5.97 Å². The molecule has 170 valence electrons. The zero-order chi connectivity index (χ0) is 23.5. The summed E-state index contributed by atoms with van der Waals surface area (Å²) < 4.78 is 17.4. The molecule has 0 bridgehead atoms. The van der Waals surface area contributed by atoms with E-state index in [9.17, 15) is 9.59 Å². The van der Waals surface area contributed by atoms with Crippen LogP contribution in [-0.4, -0.2) is 42.6 Å². The van der Waals surface area contributed by atoms with Gasteiger partial charge in [-0.25, -0.2) is 9.78 Å². The van der Waals surface area contributed by atoms with Crippen molar-refractivity contribution in [3.05, 3.63) is 64.3 Å². The van der Waals surface area contributed by atoms with Crippen LogP contribution in [0.1, 0.15) is 16.1 Å². The lowest BCUT2D eigenvalue weighted by Gasteiger charge is -2.09. The molecule has 0 saturated carbocycles. The fourth-order valence-corrected chi connectivity index (χ4v) is 4.36. The number of methoxy groups -OCH3 is 3. The number of amides is 1. The van der Waals surface area contributed by atoms with Gasteiger partial charge in [-0.15, -0.1) is 11.3 Å². The van der Waals surface area contributed by atoms with Crippen molar-refractivity contribution >= 4 is 45.5 Å². The van der Waals surface area contributed by atoms with Gasteiger partial charge < -0.3 is 19.5 Å². The number of anilines is 1. The predicted octanol–water partition coefficient (Wildman–Crippen LogP) is 4.70. The third-order valence-corrected chi connectivity index (χ3v) is 6.19. The van der Waals surface area contributed by atoms with Crippen LogP contribution < -0.4 is 14.8 Å². The zero-order valence-corrected chi connectivity index (χ0v) is 19.6. The van der Waals surface area contributed by atoms with Crippen molar-refractivity contribution in [3.63, 3.8) is 0 Å². The zero-order valence-electron chi connectivity index (χ0n) is 18.0. The molecule has 0 atom stereocenters. The van der Waals surface area contributed by atoms with Crippen molar-refractivity contribution in [1.29, 1.82) is 0 Å². The maximum Gasteiger partial charge on any atom is 0.337 e. The lowest BCUT2D eigenvalue weighted by atomic mass is 10.1. The van der Waals surface area contributed by atoms with Gasteiger partial charge in [0.25, 0.3) is 0 Å². The van der Waals surface area contributed by atoms with Crippen LogP contribution in [0.15, 0.2) is 48.0 Å². The molecular formula is C23H20ClN3O5S. The number of carbonyl (C=O) groups excluding carboxylic acids is 2. The van der Waals surface area contributed by atoms with Crippen LogP contribution in [0.25, 0.3) is 16.2 Å². The van der Waals surface area contributed by atoms with Crippen molar-refractivity contribution < 1.29 is 23.8 Å². The van der Waals surface area contributed by atoms with E-state index in [0.717, 1.165) is 16.2 Å². The number of hydrogen-bond acceptors (Lipinski definition) is 7. The van der Waals surface area contributed by atoms with E-state index < -0.39 is 5.97 Å². The van der Waals surface area contributed by atoms with Crippen LogP contribution >= 0.6 is 22.9 Å². The number of fused-ring (bicyclic) bond motifs is 1. The molecule has 2 aromatic heterocycles. The SMILES string of the molecule is COC(=O)c1ccc(Cl)c(NC(=O)Cc2csc3nc(-c4cc(OC)ccc4OC)cn23)c1. The minimum absolute atomic E-state index is 0.0871. The van der Waals surface area contributed by atoms with E-state index in [1.54, 1.807) is 14.2 Å². The lowest BCUT2D eigenvalue weighted by Crippen LogP contribution is -2.16. The molecule has 10 heteroatoms. The van der Waals surface area contributed by atoms with E-state index >= 15 is 0 Å². The van der Waals surface area contributed by atoms with Gasteiger partial charge in [0.2, 0.25) is 5.91 Å². The van der Waals surface area contributed by atoms with Gasteiger partial charge in [-0.2, -0.15) is 0 Å². The molecule has 1 N–H and O–H groups in total. The number of thiazole rings is 1. The van der Waals surface area contributed by atoms with Crippen LogP contribution in [-0.2, 0) is 16.0 Å². The number of carbonyl (C=O) groups is 2. The number of imidazole rings is 1. The molecule has 0 aliphatic heterocycles. The highest BCUT2D eigenvalue weighted by molar-refractivity contribution is 7.15. The molecule has 8 nitrogen and oxygen atoms in total. The predicted molar refractivity (Wildman–Crippen MR) is 127 cm³/mol. The third kappa shape index (κ3) is 4.64. The normalized spacial score (nSPS) is 10.8. The van der Waals surface area contributed by atoms with E-state index in [1.165, 1.54) is 36.6 Å². The second-order valence-electron chi connectivity index (χ2n) is 6.98. The second-order valence-corrected chi connectivity index (χ2v) is 8.23. The van der Waals surface area contributed by atoms with Crippen molar-refractivity contribution in [2.24, 2.45) is 0 Å². The average Bonchev–Trinajstić information content (AvgIpc) is 3.41. The number of esters is 1. The molecule has 0 unspecified atom stereocenters. The van der Waals surface area contributed by atoms with Crippen molar-refractivity contribution in [2.45, 2.75) is 6.42 Å². The van der Waals surface area contributed by atoms with Crippen LogP contribution in [0.3, 0.4) is 0 Å². The second kappa shape index (κ2) is 9.51. The molecule has 0 saturated heterocycles. The smallest absolute Gasteiger partial charge is 0.337 e. The molecule has 0 aliphatic rings. The molecule has 4 rings (SSSR count). The average molecular weight is 486 g/mol. The number of benzene rings is 2. The van der Waals surface area contributed by atoms with Gasteiger partial charge in [0.05, 0.1) is 49.7 Å². The first-order valence-corrected chi connectivity index (χ1v) is 11.0. The summed E-state index contributed by atoms with van der Waals surface area (Å²) in [6.45, 7) is 0. The van der Waals surface area contributed by atoms with Crippen LogP contribution in [0, 0.1) is 0 Å². The van der Waals surface area contributed by atoms with E-state index in [-0.39, 0.29) is 12.3 Å². The fourth-order valence-electron chi connectivity index (χ4n) is 3.33. The Balaban J connectivity index is 1.58. The Hall–Kier alpha value is -3.56. The van der Waals surface area contributed by atoms with E-state index in [0.29, 0.717) is 33.5 Å². The van der Waals surface area contributed by atoms with Crippen LogP contribution in [0.5, 0.6) is 11.5 Å². The number of nitrogens with zero attached hydrogens (tertiary/aromatic N) is 2. The largest absolute Gasteiger partial charge is 0.497 e. The van der Waals surface area contributed by atoms with Crippen LogP contribution in [0.2, 0.25) is 5.02 Å². The number of nitrogens with one attached hydrogen (secondary N) is 1. The number of aromatic nitrogens is 2. The molecular weight excluding hydrogens is 466 g/mol.